The minimum Gasteiger partial charge on any atom is -0.478 e. The fourth-order valence-electron chi connectivity index (χ4n) is 2.70. The first-order valence-electron chi connectivity index (χ1n) is 7.02. The van der Waals surface area contributed by atoms with Crippen molar-refractivity contribution >= 4 is 16.9 Å². The summed E-state index contributed by atoms with van der Waals surface area (Å²) in [6, 6.07) is 13.5. The van der Waals surface area contributed by atoms with Gasteiger partial charge in [-0.2, -0.15) is 0 Å². The number of fused-ring (bicyclic) bond motifs is 1. The van der Waals surface area contributed by atoms with E-state index in [0.29, 0.717) is 28.6 Å². The SMILES string of the molecule is CCc1c(-c2ccccc2)nc2ccc(F)cc2c1C(=O)O. The number of benzene rings is 2. The molecule has 0 amide bonds. The fraction of sp³-hybridized carbons (Fsp3) is 0.111. The Morgan fingerprint density at radius 3 is 2.55 bits per heavy atom. The van der Waals surface area contributed by atoms with Crippen LogP contribution in [0.4, 0.5) is 4.39 Å². The molecule has 1 aromatic heterocycles. The molecule has 1 N–H and O–H groups in total. The third-order valence-electron chi connectivity index (χ3n) is 3.66. The van der Waals surface area contributed by atoms with Crippen molar-refractivity contribution in [3.8, 4) is 11.3 Å². The molecule has 110 valence electrons. The average Bonchev–Trinajstić information content (AvgIpc) is 2.53. The van der Waals surface area contributed by atoms with Crippen molar-refractivity contribution in [3.63, 3.8) is 0 Å². The number of carboxylic acid groups (broad SMARTS) is 1. The maximum atomic E-state index is 13.5. The maximum Gasteiger partial charge on any atom is 0.336 e. The summed E-state index contributed by atoms with van der Waals surface area (Å²) in [7, 11) is 0. The van der Waals surface area contributed by atoms with Crippen LogP contribution in [0.25, 0.3) is 22.2 Å². The first-order chi connectivity index (χ1) is 10.6. The highest BCUT2D eigenvalue weighted by Gasteiger charge is 2.20. The third-order valence-corrected chi connectivity index (χ3v) is 3.66. The summed E-state index contributed by atoms with van der Waals surface area (Å²) in [5.74, 6) is -1.53. The molecule has 0 saturated heterocycles. The predicted octanol–water partition coefficient (Wildman–Crippen LogP) is 4.30. The molecule has 0 aliphatic rings. The molecule has 2 aromatic carbocycles. The van der Waals surface area contributed by atoms with E-state index in [4.69, 9.17) is 0 Å². The minimum atomic E-state index is -1.06. The number of rotatable bonds is 3. The molecule has 0 bridgehead atoms. The molecule has 0 spiro atoms. The van der Waals surface area contributed by atoms with Crippen molar-refractivity contribution in [2.75, 3.05) is 0 Å². The molecule has 0 unspecified atom stereocenters. The van der Waals surface area contributed by atoms with Gasteiger partial charge in [0.2, 0.25) is 0 Å². The molecular formula is C18H14FNO2. The number of aromatic nitrogens is 1. The number of nitrogens with zero attached hydrogens (tertiary/aromatic N) is 1. The summed E-state index contributed by atoms with van der Waals surface area (Å²) in [6.07, 6.45) is 0.505. The third kappa shape index (κ3) is 2.33. The zero-order chi connectivity index (χ0) is 15.7. The second-order valence-electron chi connectivity index (χ2n) is 5.00. The van der Waals surface area contributed by atoms with Crippen LogP contribution >= 0.6 is 0 Å². The van der Waals surface area contributed by atoms with Crippen LogP contribution in [-0.2, 0) is 6.42 Å². The second kappa shape index (κ2) is 5.56. The lowest BCUT2D eigenvalue weighted by Crippen LogP contribution is -2.07. The summed E-state index contributed by atoms with van der Waals surface area (Å²) >= 11 is 0. The quantitative estimate of drug-likeness (QED) is 0.783. The van der Waals surface area contributed by atoms with Crippen LogP contribution in [0, 0.1) is 5.82 Å². The van der Waals surface area contributed by atoms with Crippen molar-refractivity contribution in [2.45, 2.75) is 13.3 Å². The van der Waals surface area contributed by atoms with Crippen molar-refractivity contribution in [1.29, 1.82) is 0 Å². The van der Waals surface area contributed by atoms with Crippen molar-refractivity contribution in [1.82, 2.24) is 4.98 Å². The zero-order valence-corrected chi connectivity index (χ0v) is 12.0. The van der Waals surface area contributed by atoms with Crippen LogP contribution in [0.5, 0.6) is 0 Å². The van der Waals surface area contributed by atoms with Crippen LogP contribution in [-0.4, -0.2) is 16.1 Å². The monoisotopic (exact) mass is 295 g/mol. The molecule has 0 saturated carbocycles. The highest BCUT2D eigenvalue weighted by molar-refractivity contribution is 6.05. The van der Waals surface area contributed by atoms with Gasteiger partial charge in [0, 0.05) is 10.9 Å². The lowest BCUT2D eigenvalue weighted by molar-refractivity contribution is 0.0698. The number of aromatic carboxylic acids is 1. The molecule has 22 heavy (non-hydrogen) atoms. The van der Waals surface area contributed by atoms with E-state index >= 15 is 0 Å². The standard InChI is InChI=1S/C18H14FNO2/c1-2-13-16(18(21)22)14-10-12(19)8-9-15(14)20-17(13)11-6-4-3-5-7-11/h3-10H,2H2,1H3,(H,21,22). The first-order valence-corrected chi connectivity index (χ1v) is 7.02. The van der Waals surface area contributed by atoms with Gasteiger partial charge in [0.1, 0.15) is 5.82 Å². The Morgan fingerprint density at radius 2 is 1.91 bits per heavy atom. The number of pyridine rings is 1. The van der Waals surface area contributed by atoms with Gasteiger partial charge >= 0.3 is 5.97 Å². The first kappa shape index (κ1) is 14.2. The lowest BCUT2D eigenvalue weighted by atomic mass is 9.95. The van der Waals surface area contributed by atoms with Crippen LogP contribution < -0.4 is 0 Å². The number of hydrogen-bond acceptors (Lipinski definition) is 2. The average molecular weight is 295 g/mol. The van der Waals surface area contributed by atoms with Crippen molar-refractivity contribution in [2.24, 2.45) is 0 Å². The van der Waals surface area contributed by atoms with Crippen molar-refractivity contribution < 1.29 is 14.3 Å². The Morgan fingerprint density at radius 1 is 1.18 bits per heavy atom. The van der Waals surface area contributed by atoms with E-state index in [0.717, 1.165) is 5.56 Å². The second-order valence-corrected chi connectivity index (χ2v) is 5.00. The molecule has 3 rings (SSSR count). The van der Waals surface area contributed by atoms with E-state index < -0.39 is 11.8 Å². The van der Waals surface area contributed by atoms with Crippen LogP contribution in [0.3, 0.4) is 0 Å². The molecule has 3 nitrogen and oxygen atoms in total. The molecule has 3 aromatic rings. The van der Waals surface area contributed by atoms with Gasteiger partial charge in [-0.15, -0.1) is 0 Å². The molecule has 4 heteroatoms. The van der Waals surface area contributed by atoms with Gasteiger partial charge in [-0.3, -0.25) is 0 Å². The molecule has 0 fully saturated rings. The van der Waals surface area contributed by atoms with E-state index in [9.17, 15) is 14.3 Å². The highest BCUT2D eigenvalue weighted by atomic mass is 19.1. The fourth-order valence-corrected chi connectivity index (χ4v) is 2.70. The van der Waals surface area contributed by atoms with E-state index in [-0.39, 0.29) is 5.56 Å². The Labute approximate surface area is 127 Å². The van der Waals surface area contributed by atoms with Crippen LogP contribution in [0.1, 0.15) is 22.8 Å². The van der Waals surface area contributed by atoms with Gasteiger partial charge in [0.05, 0.1) is 16.8 Å². The topological polar surface area (TPSA) is 50.2 Å². The molecule has 1 heterocycles. The zero-order valence-electron chi connectivity index (χ0n) is 12.0. The maximum absolute atomic E-state index is 13.5. The molecular weight excluding hydrogens is 281 g/mol. The van der Waals surface area contributed by atoms with Gasteiger partial charge in [-0.25, -0.2) is 14.2 Å². The summed E-state index contributed by atoms with van der Waals surface area (Å²) in [6.45, 7) is 1.88. The van der Waals surface area contributed by atoms with Gasteiger partial charge < -0.3 is 5.11 Å². The Balaban J connectivity index is 2.44. The van der Waals surface area contributed by atoms with Gasteiger partial charge in [-0.05, 0) is 30.2 Å². The summed E-state index contributed by atoms with van der Waals surface area (Å²) in [5, 5.41) is 9.94. The number of carboxylic acids is 1. The van der Waals surface area contributed by atoms with Crippen molar-refractivity contribution in [3.05, 3.63) is 65.5 Å². The van der Waals surface area contributed by atoms with E-state index in [2.05, 4.69) is 4.98 Å². The van der Waals surface area contributed by atoms with E-state index in [1.807, 2.05) is 37.3 Å². The summed E-state index contributed by atoms with van der Waals surface area (Å²) in [5.41, 5.74) is 2.73. The highest BCUT2D eigenvalue weighted by Crippen LogP contribution is 2.31. The molecule has 0 aliphatic heterocycles. The van der Waals surface area contributed by atoms with Crippen LogP contribution in [0.15, 0.2) is 48.5 Å². The van der Waals surface area contributed by atoms with Crippen LogP contribution in [0.2, 0.25) is 0 Å². The summed E-state index contributed by atoms with van der Waals surface area (Å²) in [4.78, 5) is 16.3. The van der Waals surface area contributed by atoms with Gasteiger partial charge in [0.25, 0.3) is 0 Å². The van der Waals surface area contributed by atoms with Gasteiger partial charge in [0.15, 0.2) is 0 Å². The summed E-state index contributed by atoms with van der Waals surface area (Å²) < 4.78 is 13.5. The Bertz CT molecular complexity index is 860. The smallest absolute Gasteiger partial charge is 0.336 e. The van der Waals surface area contributed by atoms with E-state index in [1.165, 1.54) is 18.2 Å². The minimum absolute atomic E-state index is 0.130. The number of carbonyl (C=O) groups is 1. The Kier molecular flexibility index (Phi) is 3.59. The van der Waals surface area contributed by atoms with Gasteiger partial charge in [-0.1, -0.05) is 37.3 Å². The van der Waals surface area contributed by atoms with E-state index in [1.54, 1.807) is 0 Å². The molecule has 0 atom stereocenters. The normalized spacial score (nSPS) is 10.8. The predicted molar refractivity (Wildman–Crippen MR) is 83.5 cm³/mol. The Hall–Kier alpha value is -2.75. The number of halogens is 1. The lowest BCUT2D eigenvalue weighted by Gasteiger charge is -2.14. The molecule has 0 radical (unpaired) electrons. The number of hydrogen-bond donors (Lipinski definition) is 1. The largest absolute Gasteiger partial charge is 0.478 e. The molecule has 0 aliphatic carbocycles.